The summed E-state index contributed by atoms with van der Waals surface area (Å²) in [5, 5.41) is 2.91. The summed E-state index contributed by atoms with van der Waals surface area (Å²) >= 11 is 3.43. The highest BCUT2D eigenvalue weighted by Gasteiger charge is 2.14. The Hall–Kier alpha value is -1.50. The molecule has 7 heteroatoms. The van der Waals surface area contributed by atoms with E-state index in [9.17, 15) is 4.79 Å². The lowest BCUT2D eigenvalue weighted by Crippen LogP contribution is -2.26. The van der Waals surface area contributed by atoms with Crippen LogP contribution >= 0.6 is 28.3 Å². The first kappa shape index (κ1) is 18.5. The third kappa shape index (κ3) is 4.25. The predicted molar refractivity (Wildman–Crippen MR) is 90.4 cm³/mol. The zero-order valence-corrected chi connectivity index (χ0v) is 14.7. The number of nitrogens with one attached hydrogen (secondary N) is 1. The molecule has 1 atom stereocenters. The number of methoxy groups -OCH3 is 1. The van der Waals surface area contributed by atoms with E-state index >= 15 is 0 Å². The average Bonchev–Trinajstić information content (AvgIpc) is 2.96. The predicted octanol–water partition coefficient (Wildman–Crippen LogP) is 3.42. The summed E-state index contributed by atoms with van der Waals surface area (Å²) in [5.74, 6) is 1.14. The lowest BCUT2D eigenvalue weighted by atomic mass is 10.1. The molecule has 1 amide bonds. The van der Waals surface area contributed by atoms with Gasteiger partial charge in [-0.05, 0) is 46.6 Å². The molecule has 120 valence electrons. The van der Waals surface area contributed by atoms with Gasteiger partial charge in [-0.1, -0.05) is 6.07 Å². The third-order valence-corrected chi connectivity index (χ3v) is 3.76. The van der Waals surface area contributed by atoms with Gasteiger partial charge in [0.1, 0.15) is 17.8 Å². The lowest BCUT2D eigenvalue weighted by molar-refractivity contribution is 0.0939. The summed E-state index contributed by atoms with van der Waals surface area (Å²) < 4.78 is 11.2. The van der Waals surface area contributed by atoms with Crippen LogP contribution in [0, 0.1) is 0 Å². The fourth-order valence-corrected chi connectivity index (χ4v) is 2.48. The van der Waals surface area contributed by atoms with Crippen molar-refractivity contribution in [3.8, 4) is 5.75 Å². The van der Waals surface area contributed by atoms with Gasteiger partial charge in [0.15, 0.2) is 0 Å². The van der Waals surface area contributed by atoms with Crippen LogP contribution in [-0.2, 0) is 6.54 Å². The quantitative estimate of drug-likeness (QED) is 0.821. The molecule has 0 bridgehead atoms. The van der Waals surface area contributed by atoms with Crippen LogP contribution in [-0.4, -0.2) is 13.0 Å². The number of benzene rings is 1. The van der Waals surface area contributed by atoms with Gasteiger partial charge in [0.05, 0.1) is 29.7 Å². The molecule has 0 spiro atoms. The molecule has 5 nitrogen and oxygen atoms in total. The largest absolute Gasteiger partial charge is 0.496 e. The summed E-state index contributed by atoms with van der Waals surface area (Å²) in [7, 11) is 1.61. The first-order valence-electron chi connectivity index (χ1n) is 6.47. The number of furan rings is 1. The van der Waals surface area contributed by atoms with E-state index in [4.69, 9.17) is 14.9 Å². The Balaban J connectivity index is 0.00000242. The Kier molecular flexibility index (Phi) is 6.93. The zero-order valence-electron chi connectivity index (χ0n) is 12.3. The van der Waals surface area contributed by atoms with Crippen molar-refractivity contribution in [3.63, 3.8) is 0 Å². The van der Waals surface area contributed by atoms with Crippen molar-refractivity contribution < 1.29 is 13.9 Å². The van der Waals surface area contributed by atoms with Gasteiger partial charge in [-0.2, -0.15) is 0 Å². The van der Waals surface area contributed by atoms with Crippen molar-refractivity contribution >= 4 is 34.2 Å². The Labute approximate surface area is 143 Å². The van der Waals surface area contributed by atoms with E-state index in [1.807, 2.05) is 25.1 Å². The van der Waals surface area contributed by atoms with Gasteiger partial charge in [-0.25, -0.2) is 0 Å². The summed E-state index contributed by atoms with van der Waals surface area (Å²) in [6.07, 6.45) is 1.41. The van der Waals surface area contributed by atoms with Crippen molar-refractivity contribution in [1.29, 1.82) is 0 Å². The van der Waals surface area contributed by atoms with E-state index in [1.165, 1.54) is 6.26 Å². The van der Waals surface area contributed by atoms with Crippen molar-refractivity contribution in [2.75, 3.05) is 7.11 Å². The van der Waals surface area contributed by atoms with Crippen LogP contribution < -0.4 is 15.8 Å². The number of halogens is 2. The summed E-state index contributed by atoms with van der Waals surface area (Å²) in [4.78, 5) is 12.1. The lowest BCUT2D eigenvalue weighted by Gasteiger charge is -2.15. The van der Waals surface area contributed by atoms with Crippen molar-refractivity contribution in [2.45, 2.75) is 19.5 Å². The van der Waals surface area contributed by atoms with E-state index < -0.39 is 0 Å². The number of carbonyl (C=O) groups is 1. The van der Waals surface area contributed by atoms with Crippen LogP contribution in [0.3, 0.4) is 0 Å². The molecule has 0 saturated heterocycles. The topological polar surface area (TPSA) is 77.5 Å². The highest BCUT2D eigenvalue weighted by atomic mass is 79.9. The van der Waals surface area contributed by atoms with Gasteiger partial charge in [0.2, 0.25) is 0 Å². The normalized spacial score (nSPS) is 11.5. The molecule has 0 aliphatic rings. The van der Waals surface area contributed by atoms with Crippen LogP contribution in [0.2, 0.25) is 0 Å². The van der Waals surface area contributed by atoms with Crippen molar-refractivity contribution in [2.24, 2.45) is 5.73 Å². The number of ether oxygens (including phenoxy) is 1. The van der Waals surface area contributed by atoms with Crippen LogP contribution in [0.25, 0.3) is 0 Å². The molecule has 22 heavy (non-hydrogen) atoms. The molecule has 2 aromatic rings. The summed E-state index contributed by atoms with van der Waals surface area (Å²) in [5.41, 5.74) is 6.90. The minimum absolute atomic E-state index is 0. The van der Waals surface area contributed by atoms with E-state index in [-0.39, 0.29) is 30.9 Å². The molecule has 0 fully saturated rings. The number of amides is 1. The molecule has 3 N–H and O–H groups in total. The van der Waals surface area contributed by atoms with Crippen LogP contribution in [0.5, 0.6) is 5.75 Å². The van der Waals surface area contributed by atoms with E-state index in [0.717, 1.165) is 15.8 Å². The van der Waals surface area contributed by atoms with Crippen molar-refractivity contribution in [1.82, 2.24) is 5.32 Å². The van der Waals surface area contributed by atoms with E-state index in [2.05, 4.69) is 21.2 Å². The minimum atomic E-state index is -0.196. The summed E-state index contributed by atoms with van der Waals surface area (Å²) in [6.45, 7) is 2.18. The highest BCUT2D eigenvalue weighted by Crippen LogP contribution is 2.28. The molecular formula is C15H18BrClN2O3. The SMILES string of the molecule is COc1ccc(C(C)NC(=O)c2coc(CN)c2)cc1Br.Cl. The average molecular weight is 390 g/mol. The minimum Gasteiger partial charge on any atom is -0.496 e. The number of carbonyl (C=O) groups excluding carboxylic acids is 1. The number of rotatable bonds is 5. The van der Waals surface area contributed by atoms with E-state index in [1.54, 1.807) is 13.2 Å². The third-order valence-electron chi connectivity index (χ3n) is 3.14. The second-order valence-corrected chi connectivity index (χ2v) is 5.45. The fraction of sp³-hybridized carbons (Fsp3) is 0.267. The monoisotopic (exact) mass is 388 g/mol. The van der Waals surface area contributed by atoms with E-state index in [0.29, 0.717) is 11.3 Å². The van der Waals surface area contributed by atoms with Gasteiger partial charge in [0.25, 0.3) is 5.91 Å². The fourth-order valence-electron chi connectivity index (χ4n) is 1.92. The van der Waals surface area contributed by atoms with Gasteiger partial charge in [0, 0.05) is 0 Å². The molecule has 0 aliphatic heterocycles. The second kappa shape index (κ2) is 8.22. The maximum Gasteiger partial charge on any atom is 0.255 e. The Morgan fingerprint density at radius 2 is 2.18 bits per heavy atom. The van der Waals surface area contributed by atoms with Crippen LogP contribution in [0.4, 0.5) is 0 Å². The molecule has 2 rings (SSSR count). The Bertz CT molecular complexity index is 645. The first-order valence-corrected chi connectivity index (χ1v) is 7.26. The number of nitrogens with two attached hydrogens (primary N) is 1. The molecule has 1 heterocycles. The van der Waals surface area contributed by atoms with Gasteiger partial charge in [-0.3, -0.25) is 4.79 Å². The maximum absolute atomic E-state index is 12.1. The molecule has 0 saturated carbocycles. The standard InChI is InChI=1S/C15H17BrN2O3.ClH/c1-9(10-3-4-14(20-2)13(16)6-10)18-15(19)11-5-12(7-17)21-8-11;/h3-6,8-9H,7,17H2,1-2H3,(H,18,19);1H. The molecule has 1 unspecified atom stereocenters. The molecule has 0 aliphatic carbocycles. The maximum atomic E-state index is 12.1. The molecule has 0 radical (unpaired) electrons. The Morgan fingerprint density at radius 1 is 1.45 bits per heavy atom. The second-order valence-electron chi connectivity index (χ2n) is 4.59. The van der Waals surface area contributed by atoms with Gasteiger partial charge >= 0.3 is 0 Å². The first-order chi connectivity index (χ1) is 10.0. The highest BCUT2D eigenvalue weighted by molar-refractivity contribution is 9.10. The van der Waals surface area contributed by atoms with Gasteiger partial charge in [-0.15, -0.1) is 12.4 Å². The van der Waals surface area contributed by atoms with Crippen LogP contribution in [0.15, 0.2) is 39.4 Å². The zero-order chi connectivity index (χ0) is 15.4. The Morgan fingerprint density at radius 3 is 2.73 bits per heavy atom. The molecule has 1 aromatic carbocycles. The molecule has 1 aromatic heterocycles. The van der Waals surface area contributed by atoms with Crippen LogP contribution in [0.1, 0.15) is 34.6 Å². The number of hydrogen-bond donors (Lipinski definition) is 2. The van der Waals surface area contributed by atoms with Crippen molar-refractivity contribution in [3.05, 3.63) is 51.9 Å². The smallest absolute Gasteiger partial charge is 0.255 e. The summed E-state index contributed by atoms with van der Waals surface area (Å²) in [6, 6.07) is 7.19. The number of hydrogen-bond acceptors (Lipinski definition) is 4. The van der Waals surface area contributed by atoms with Gasteiger partial charge < -0.3 is 20.2 Å². The molecular weight excluding hydrogens is 372 g/mol.